The van der Waals surface area contributed by atoms with E-state index < -0.39 is 0 Å². The second kappa shape index (κ2) is 8.92. The molecule has 0 spiro atoms. The van der Waals surface area contributed by atoms with Gasteiger partial charge in [-0.25, -0.2) is 4.39 Å². The van der Waals surface area contributed by atoms with E-state index in [1.165, 1.54) is 12.1 Å². The highest BCUT2D eigenvalue weighted by molar-refractivity contribution is 5.79. The van der Waals surface area contributed by atoms with Crippen LogP contribution >= 0.6 is 0 Å². The maximum Gasteiger partial charge on any atom is 0.235 e. The number of benzene rings is 3. The van der Waals surface area contributed by atoms with Gasteiger partial charge in [-0.1, -0.05) is 24.3 Å². The van der Waals surface area contributed by atoms with Crippen LogP contribution in [0.5, 0.6) is 23.0 Å². The predicted octanol–water partition coefficient (Wildman–Crippen LogP) is 6.01. The van der Waals surface area contributed by atoms with Crippen LogP contribution in [0.25, 0.3) is 11.0 Å². The molecule has 5 nitrogen and oxygen atoms in total. The van der Waals surface area contributed by atoms with Crippen LogP contribution in [-0.2, 0) is 6.61 Å². The summed E-state index contributed by atoms with van der Waals surface area (Å²) in [4.78, 5) is 13.0. The van der Waals surface area contributed by atoms with E-state index in [9.17, 15) is 9.18 Å². The third-order valence-corrected chi connectivity index (χ3v) is 4.64. The fourth-order valence-corrected chi connectivity index (χ4v) is 3.19. The quantitative estimate of drug-likeness (QED) is 0.366. The standard InChI is InChI=1S/C25H21FO5/c1-3-28-21-9-4-5-10-22(21)31-25-16(2)30-23-14-19(11-12-20(23)24(25)27)29-15-17-7-6-8-18(26)13-17/h4-14H,3,15H2,1-2H3. The third kappa shape index (κ3) is 4.53. The number of rotatable bonds is 7. The van der Waals surface area contributed by atoms with Gasteiger partial charge in [0.25, 0.3) is 0 Å². The molecule has 0 radical (unpaired) electrons. The number of ether oxygens (including phenoxy) is 3. The Morgan fingerprint density at radius 1 is 0.935 bits per heavy atom. The number of halogens is 1. The van der Waals surface area contributed by atoms with Gasteiger partial charge in [-0.15, -0.1) is 0 Å². The summed E-state index contributed by atoms with van der Waals surface area (Å²) in [6.45, 7) is 4.21. The lowest BCUT2D eigenvalue weighted by Crippen LogP contribution is -2.08. The molecule has 1 heterocycles. The highest BCUT2D eigenvalue weighted by atomic mass is 19.1. The van der Waals surface area contributed by atoms with Gasteiger partial charge >= 0.3 is 0 Å². The molecule has 0 aliphatic carbocycles. The second-order valence-corrected chi connectivity index (χ2v) is 6.87. The van der Waals surface area contributed by atoms with E-state index in [4.69, 9.17) is 18.6 Å². The van der Waals surface area contributed by atoms with E-state index in [2.05, 4.69) is 0 Å². The van der Waals surface area contributed by atoms with Crippen molar-refractivity contribution in [1.82, 2.24) is 0 Å². The predicted molar refractivity (Wildman–Crippen MR) is 116 cm³/mol. The molecule has 158 valence electrons. The smallest absolute Gasteiger partial charge is 0.235 e. The fraction of sp³-hybridized carbons (Fsp3) is 0.160. The van der Waals surface area contributed by atoms with Crippen molar-refractivity contribution in [3.05, 3.63) is 94.1 Å². The van der Waals surface area contributed by atoms with Crippen molar-refractivity contribution < 1.29 is 23.0 Å². The van der Waals surface area contributed by atoms with Crippen LogP contribution in [0, 0.1) is 12.7 Å². The van der Waals surface area contributed by atoms with Crippen LogP contribution < -0.4 is 19.6 Å². The molecule has 0 amide bonds. The molecule has 0 saturated heterocycles. The first-order valence-corrected chi connectivity index (χ1v) is 9.89. The number of para-hydroxylation sites is 2. The van der Waals surface area contributed by atoms with Crippen molar-refractivity contribution in [3.63, 3.8) is 0 Å². The molecule has 0 unspecified atom stereocenters. The van der Waals surface area contributed by atoms with Gasteiger partial charge in [-0.05, 0) is 55.8 Å². The van der Waals surface area contributed by atoms with Crippen LogP contribution in [0.3, 0.4) is 0 Å². The van der Waals surface area contributed by atoms with Gasteiger partial charge in [0.05, 0.1) is 12.0 Å². The maximum absolute atomic E-state index is 13.3. The Balaban J connectivity index is 1.62. The van der Waals surface area contributed by atoms with Crippen molar-refractivity contribution >= 4 is 11.0 Å². The Kier molecular flexibility index (Phi) is 5.89. The maximum atomic E-state index is 13.3. The monoisotopic (exact) mass is 420 g/mol. The number of hydrogen-bond acceptors (Lipinski definition) is 5. The van der Waals surface area contributed by atoms with Crippen molar-refractivity contribution in [1.29, 1.82) is 0 Å². The van der Waals surface area contributed by atoms with E-state index in [0.29, 0.717) is 46.1 Å². The van der Waals surface area contributed by atoms with Crippen molar-refractivity contribution in [3.8, 4) is 23.0 Å². The average Bonchev–Trinajstić information content (AvgIpc) is 2.76. The molecule has 0 aliphatic heterocycles. The molecular weight excluding hydrogens is 399 g/mol. The van der Waals surface area contributed by atoms with Gasteiger partial charge in [-0.2, -0.15) is 0 Å². The summed E-state index contributed by atoms with van der Waals surface area (Å²) >= 11 is 0. The zero-order valence-corrected chi connectivity index (χ0v) is 17.2. The summed E-state index contributed by atoms with van der Waals surface area (Å²) < 4.78 is 36.4. The lowest BCUT2D eigenvalue weighted by Gasteiger charge is -2.13. The Bertz CT molecular complexity index is 1280. The lowest BCUT2D eigenvalue weighted by molar-refractivity contribution is 0.305. The topological polar surface area (TPSA) is 57.9 Å². The minimum Gasteiger partial charge on any atom is -0.490 e. The number of aryl methyl sites for hydroxylation is 1. The molecule has 31 heavy (non-hydrogen) atoms. The summed E-state index contributed by atoms with van der Waals surface area (Å²) in [6.07, 6.45) is 0. The van der Waals surface area contributed by atoms with Crippen LogP contribution in [-0.4, -0.2) is 6.61 Å². The third-order valence-electron chi connectivity index (χ3n) is 4.64. The van der Waals surface area contributed by atoms with E-state index in [-0.39, 0.29) is 23.6 Å². The summed E-state index contributed by atoms with van der Waals surface area (Å²) in [5.41, 5.74) is 0.792. The molecule has 4 rings (SSSR count). The molecule has 0 atom stereocenters. The van der Waals surface area contributed by atoms with Crippen LogP contribution in [0.15, 0.2) is 75.9 Å². The zero-order valence-electron chi connectivity index (χ0n) is 17.2. The molecule has 0 saturated carbocycles. The Labute approximate surface area is 178 Å². The normalized spacial score (nSPS) is 10.8. The van der Waals surface area contributed by atoms with Gasteiger partial charge in [0.2, 0.25) is 11.2 Å². The second-order valence-electron chi connectivity index (χ2n) is 6.87. The van der Waals surface area contributed by atoms with Gasteiger partial charge in [0.1, 0.15) is 29.5 Å². The van der Waals surface area contributed by atoms with Crippen LogP contribution in [0.4, 0.5) is 4.39 Å². The fourth-order valence-electron chi connectivity index (χ4n) is 3.19. The molecule has 0 fully saturated rings. The van der Waals surface area contributed by atoms with E-state index in [1.807, 2.05) is 13.0 Å². The lowest BCUT2D eigenvalue weighted by atomic mass is 10.2. The molecule has 6 heteroatoms. The first-order valence-electron chi connectivity index (χ1n) is 9.89. The largest absolute Gasteiger partial charge is 0.490 e. The van der Waals surface area contributed by atoms with Gasteiger partial charge in [-0.3, -0.25) is 4.79 Å². The molecule has 0 bridgehead atoms. The molecule has 1 aromatic heterocycles. The highest BCUT2D eigenvalue weighted by Crippen LogP contribution is 2.33. The summed E-state index contributed by atoms with van der Waals surface area (Å²) in [7, 11) is 0. The summed E-state index contributed by atoms with van der Waals surface area (Å²) in [6, 6.07) is 18.3. The molecule has 3 aromatic carbocycles. The van der Waals surface area contributed by atoms with Crippen molar-refractivity contribution in [2.24, 2.45) is 0 Å². The minimum absolute atomic E-state index is 0.105. The van der Waals surface area contributed by atoms with E-state index in [1.54, 1.807) is 55.5 Å². The van der Waals surface area contributed by atoms with Gasteiger partial charge in [0.15, 0.2) is 11.5 Å². The van der Waals surface area contributed by atoms with E-state index >= 15 is 0 Å². The Hall–Kier alpha value is -3.80. The first-order chi connectivity index (χ1) is 15.0. The summed E-state index contributed by atoms with van der Waals surface area (Å²) in [5.74, 6) is 1.62. The molecule has 0 N–H and O–H groups in total. The minimum atomic E-state index is -0.320. The SMILES string of the molecule is CCOc1ccccc1Oc1c(C)oc2cc(OCc3cccc(F)c3)ccc2c1=O. The Morgan fingerprint density at radius 2 is 1.74 bits per heavy atom. The van der Waals surface area contributed by atoms with Crippen LogP contribution in [0.1, 0.15) is 18.2 Å². The zero-order chi connectivity index (χ0) is 21.8. The molecule has 4 aromatic rings. The summed E-state index contributed by atoms with van der Waals surface area (Å²) in [5, 5.41) is 0.368. The van der Waals surface area contributed by atoms with Gasteiger partial charge in [0, 0.05) is 6.07 Å². The number of fused-ring (bicyclic) bond motifs is 1. The average molecular weight is 420 g/mol. The molecular formula is C25H21FO5. The Morgan fingerprint density at radius 3 is 2.52 bits per heavy atom. The molecule has 0 aliphatic rings. The van der Waals surface area contributed by atoms with Crippen molar-refractivity contribution in [2.45, 2.75) is 20.5 Å². The first kappa shape index (κ1) is 20.5. The highest BCUT2D eigenvalue weighted by Gasteiger charge is 2.16. The number of hydrogen-bond donors (Lipinski definition) is 0. The van der Waals surface area contributed by atoms with E-state index in [0.717, 1.165) is 0 Å². The van der Waals surface area contributed by atoms with Gasteiger partial charge < -0.3 is 18.6 Å². The van der Waals surface area contributed by atoms with Crippen molar-refractivity contribution in [2.75, 3.05) is 6.61 Å². The van der Waals surface area contributed by atoms with Crippen LogP contribution in [0.2, 0.25) is 0 Å².